The third-order valence-corrected chi connectivity index (χ3v) is 10.7. The van der Waals surface area contributed by atoms with Crippen LogP contribution in [0, 0.1) is 0 Å². The maximum atomic E-state index is 6.91. The molecule has 0 N–H and O–H groups in total. The Balaban J connectivity index is 1.50. The first-order chi connectivity index (χ1) is 27.3. The first-order valence-corrected chi connectivity index (χ1v) is 21.0. The van der Waals surface area contributed by atoms with Gasteiger partial charge in [0.1, 0.15) is 11.5 Å². The summed E-state index contributed by atoms with van der Waals surface area (Å²) in [7, 11) is 6.70. The Morgan fingerprint density at radius 1 is 0.536 bits per heavy atom. The minimum absolute atomic E-state index is 0.189. The monoisotopic (exact) mass is 819 g/mol. The maximum absolute atomic E-state index is 6.91. The van der Waals surface area contributed by atoms with Crippen molar-refractivity contribution in [1.82, 2.24) is 15.0 Å². The van der Waals surface area contributed by atoms with E-state index >= 15 is 0 Å². The first kappa shape index (κ1) is 39.9. The second-order valence-electron chi connectivity index (χ2n) is 13.5. The molecule has 0 aliphatic rings. The molecule has 0 radical (unpaired) electrons. The zero-order chi connectivity index (χ0) is 39.4. The van der Waals surface area contributed by atoms with Crippen LogP contribution in [0.5, 0.6) is 34.5 Å². The molecule has 4 aromatic carbocycles. The fourth-order valence-electron chi connectivity index (χ4n) is 6.19. The molecule has 2 heterocycles. The predicted molar refractivity (Wildman–Crippen MR) is 223 cm³/mol. The van der Waals surface area contributed by atoms with Gasteiger partial charge in [-0.2, -0.15) is 0 Å². The van der Waals surface area contributed by atoms with Gasteiger partial charge in [-0.05, 0) is 24.3 Å². The molecule has 10 nitrogen and oxygen atoms in total. The van der Waals surface area contributed by atoms with Gasteiger partial charge in [-0.25, -0.2) is 0 Å². The van der Waals surface area contributed by atoms with E-state index in [9.17, 15) is 0 Å². The summed E-state index contributed by atoms with van der Waals surface area (Å²) in [6, 6.07) is 34.5. The van der Waals surface area contributed by atoms with Crippen LogP contribution in [0.2, 0.25) is 5.82 Å². The number of anilines is 2. The number of hydrogen-bond acceptors (Lipinski definition) is 10. The Morgan fingerprint density at radius 2 is 0.946 bits per heavy atom. The summed E-state index contributed by atoms with van der Waals surface area (Å²) in [5.74, 6) is 8.06. The summed E-state index contributed by atoms with van der Waals surface area (Å²) in [6.45, 7) is 6.48. The van der Waals surface area contributed by atoms with Crippen LogP contribution in [-0.4, -0.2) is 58.3 Å². The molecule has 0 unspecified atom stereocenters. The van der Waals surface area contributed by atoms with E-state index in [1.165, 1.54) is 0 Å². The van der Waals surface area contributed by atoms with E-state index < -0.39 is 0 Å². The normalized spacial score (nSPS) is 10.9. The zero-order valence-corrected chi connectivity index (χ0v) is 34.8. The third-order valence-electron chi connectivity index (χ3n) is 9.36. The number of rotatable bonds is 18. The van der Waals surface area contributed by atoms with E-state index in [4.69, 9.17) is 38.6 Å². The number of ether oxygens (including phenoxy) is 5. The molecular weight excluding hydrogens is 769 g/mol. The first-order valence-electron chi connectivity index (χ1n) is 18.4. The fraction of sp³-hybridized carbons (Fsp3) is 0.267. The van der Waals surface area contributed by atoms with Crippen LogP contribution in [0.15, 0.2) is 116 Å². The van der Waals surface area contributed by atoms with Crippen LogP contribution in [0.1, 0.15) is 47.6 Å². The van der Waals surface area contributed by atoms with E-state index in [1.807, 2.05) is 60.9 Å². The van der Waals surface area contributed by atoms with Gasteiger partial charge < -0.3 is 18.9 Å². The van der Waals surface area contributed by atoms with Crippen molar-refractivity contribution in [2.75, 3.05) is 38.2 Å². The van der Waals surface area contributed by atoms with Gasteiger partial charge in [0.25, 0.3) is 0 Å². The molecule has 0 amide bonds. The Hall–Kier alpha value is -5.77. The summed E-state index contributed by atoms with van der Waals surface area (Å²) in [5.41, 5.74) is 5.37. The van der Waals surface area contributed by atoms with Crippen LogP contribution in [0.25, 0.3) is 0 Å². The van der Waals surface area contributed by atoms with E-state index in [1.54, 1.807) is 28.4 Å². The molecule has 11 heteroatoms. The third kappa shape index (κ3) is 10.3. The quantitative estimate of drug-likeness (QED) is 0.0786. The Kier molecular flexibility index (Phi) is 13.7. The van der Waals surface area contributed by atoms with Gasteiger partial charge in [0.05, 0.1) is 28.4 Å². The molecule has 0 fully saturated rings. The van der Waals surface area contributed by atoms with Gasteiger partial charge in [0.2, 0.25) is 0 Å². The molecule has 0 saturated carbocycles. The molecule has 56 heavy (non-hydrogen) atoms. The Morgan fingerprint density at radius 3 is 1.32 bits per heavy atom. The van der Waals surface area contributed by atoms with E-state index in [-0.39, 0.29) is 20.9 Å². The fourth-order valence-corrected chi connectivity index (χ4v) is 7.00. The SMILES string of the molecule is COc1ccc(CN(Cc2ccc(OC)cc2)c2ncc(Oc3cc([Se]C)ncc3C(C)C)c(N(Cc3ccc(OC)cc3)Cc3ccc(OC)cc3)n2)cc1. The zero-order valence-electron chi connectivity index (χ0n) is 33.1. The molecule has 0 atom stereocenters. The second kappa shape index (κ2) is 19.2. The van der Waals surface area contributed by atoms with Crippen molar-refractivity contribution >= 4 is 31.3 Å². The topological polar surface area (TPSA) is 91.3 Å². The molecule has 0 spiro atoms. The number of nitrogens with zero attached hydrogens (tertiary/aromatic N) is 5. The minimum Gasteiger partial charge on any atom is -0.0196 e. The van der Waals surface area contributed by atoms with Crippen molar-refractivity contribution in [3.63, 3.8) is 0 Å². The Labute approximate surface area is 336 Å². The molecule has 6 rings (SSSR count). The van der Waals surface area contributed by atoms with Crippen LogP contribution >= 0.6 is 0 Å². The standard InChI is InChI=1S/C45H49N5O5Se/c1-31(2)40-25-46-43(56-7)24-41(40)55-42-26-47-45(50(29-34-12-20-38(53-5)21-13-34)30-35-14-22-39(54-6)23-15-35)48-44(42)49(27-32-8-16-36(51-3)17-9-32)28-33-10-18-37(52-4)19-11-33/h8-26,31H,27-30H2,1-7H3. The van der Waals surface area contributed by atoms with Crippen molar-refractivity contribution in [1.29, 1.82) is 0 Å². The van der Waals surface area contributed by atoms with Gasteiger partial charge in [-0.1, -0.05) is 0 Å². The van der Waals surface area contributed by atoms with Gasteiger partial charge >= 0.3 is 255 Å². The molecule has 6 aromatic rings. The average molecular weight is 819 g/mol. The molecule has 0 bridgehead atoms. The molecular formula is C45H49N5O5Se. The molecule has 0 aliphatic heterocycles. The number of methoxy groups -OCH3 is 4. The summed E-state index contributed by atoms with van der Waals surface area (Å²) >= 11 is 0.189. The summed E-state index contributed by atoms with van der Waals surface area (Å²) in [4.78, 5) is 19.6. The second-order valence-corrected chi connectivity index (χ2v) is 15.2. The molecule has 290 valence electrons. The van der Waals surface area contributed by atoms with Crippen molar-refractivity contribution < 1.29 is 23.7 Å². The number of pyridine rings is 1. The smallest absolute Gasteiger partial charge is 0.0196 e. The van der Waals surface area contributed by atoms with Crippen LogP contribution < -0.4 is 38.1 Å². The summed E-state index contributed by atoms with van der Waals surface area (Å²) in [5, 5.41) is 0. The number of aromatic nitrogens is 3. The van der Waals surface area contributed by atoms with E-state index in [0.29, 0.717) is 43.7 Å². The van der Waals surface area contributed by atoms with Crippen molar-refractivity contribution in [2.24, 2.45) is 0 Å². The molecule has 2 aromatic heterocycles. The van der Waals surface area contributed by atoms with Crippen molar-refractivity contribution in [2.45, 2.75) is 51.8 Å². The van der Waals surface area contributed by atoms with Crippen LogP contribution in [0.4, 0.5) is 11.8 Å². The minimum atomic E-state index is 0.189. The Bertz CT molecular complexity index is 2050. The van der Waals surface area contributed by atoms with Crippen molar-refractivity contribution in [3.05, 3.63) is 143 Å². The van der Waals surface area contributed by atoms with E-state index in [0.717, 1.165) is 61.2 Å². The van der Waals surface area contributed by atoms with Crippen LogP contribution in [-0.2, 0) is 26.2 Å². The van der Waals surface area contributed by atoms with Gasteiger partial charge in [0.15, 0.2) is 0 Å². The predicted octanol–water partition coefficient (Wildman–Crippen LogP) is 8.61. The van der Waals surface area contributed by atoms with Crippen molar-refractivity contribution in [3.8, 4) is 34.5 Å². The van der Waals surface area contributed by atoms with Gasteiger partial charge in [-0.15, -0.1) is 0 Å². The van der Waals surface area contributed by atoms with Crippen LogP contribution in [0.3, 0.4) is 0 Å². The average Bonchev–Trinajstić information content (AvgIpc) is 3.24. The molecule has 0 aliphatic carbocycles. The van der Waals surface area contributed by atoms with Gasteiger partial charge in [-0.3, -0.25) is 0 Å². The summed E-state index contributed by atoms with van der Waals surface area (Å²) < 4.78 is 29.8. The van der Waals surface area contributed by atoms with Gasteiger partial charge in [0, 0.05) is 0 Å². The summed E-state index contributed by atoms with van der Waals surface area (Å²) in [6.07, 6.45) is 3.75. The molecule has 0 saturated heterocycles. The number of benzene rings is 4. The van der Waals surface area contributed by atoms with E-state index in [2.05, 4.69) is 84.1 Å². The number of hydrogen-bond donors (Lipinski definition) is 0.